The van der Waals surface area contributed by atoms with Crippen LogP contribution in [0.25, 0.3) is 10.2 Å². The van der Waals surface area contributed by atoms with Gasteiger partial charge in [0, 0.05) is 4.88 Å². The number of hydrogen-bond donors (Lipinski definition) is 2. The number of thiophene rings is 1. The van der Waals surface area contributed by atoms with Crippen molar-refractivity contribution in [1.29, 1.82) is 0 Å². The molecule has 7 nitrogen and oxygen atoms in total. The second-order valence-electron chi connectivity index (χ2n) is 5.00. The molecule has 2 N–H and O–H groups in total. The highest BCUT2D eigenvalue weighted by Crippen LogP contribution is 2.24. The van der Waals surface area contributed by atoms with Gasteiger partial charge in [-0.05, 0) is 24.6 Å². The van der Waals surface area contributed by atoms with E-state index >= 15 is 0 Å². The summed E-state index contributed by atoms with van der Waals surface area (Å²) in [4.78, 5) is 30.2. The summed E-state index contributed by atoms with van der Waals surface area (Å²) >= 11 is 1.46. The number of aromatic hydroxyl groups is 1. The first-order valence-electron chi connectivity index (χ1n) is 7.29. The standard InChI is InChI=1S/C16H15N3O4S/c1-2-10-7-11-15(24-10)17-9-19(16(11)22)18-14(21)8-23-13-6-4-3-5-12(13)20/h3-7,9,20H,2,8H2,1H3,(H,18,21). The highest BCUT2D eigenvalue weighted by atomic mass is 32.1. The Hall–Kier alpha value is -2.87. The van der Waals surface area contributed by atoms with Gasteiger partial charge in [-0.15, -0.1) is 11.3 Å². The van der Waals surface area contributed by atoms with Crippen molar-refractivity contribution < 1.29 is 14.6 Å². The van der Waals surface area contributed by atoms with Crippen LogP contribution in [0.1, 0.15) is 11.8 Å². The predicted molar refractivity (Wildman–Crippen MR) is 91.2 cm³/mol. The third kappa shape index (κ3) is 3.23. The van der Waals surface area contributed by atoms with Crippen molar-refractivity contribution in [2.24, 2.45) is 0 Å². The van der Waals surface area contributed by atoms with Gasteiger partial charge in [0.05, 0.1) is 5.39 Å². The van der Waals surface area contributed by atoms with Gasteiger partial charge in [-0.25, -0.2) is 9.66 Å². The maximum absolute atomic E-state index is 12.4. The number of carbonyl (C=O) groups excluding carboxylic acids is 1. The molecule has 0 aliphatic carbocycles. The lowest BCUT2D eigenvalue weighted by Crippen LogP contribution is -2.35. The number of phenolic OH excluding ortho intramolecular Hbond substituents is 1. The summed E-state index contributed by atoms with van der Waals surface area (Å²) in [6, 6.07) is 8.11. The van der Waals surface area contributed by atoms with Crippen LogP contribution < -0.4 is 15.7 Å². The molecule has 0 unspecified atom stereocenters. The van der Waals surface area contributed by atoms with Gasteiger partial charge in [0.2, 0.25) is 0 Å². The molecule has 0 fully saturated rings. The molecule has 1 aromatic carbocycles. The van der Waals surface area contributed by atoms with Gasteiger partial charge in [-0.2, -0.15) is 0 Å². The van der Waals surface area contributed by atoms with Gasteiger partial charge in [0.1, 0.15) is 11.2 Å². The van der Waals surface area contributed by atoms with E-state index in [0.717, 1.165) is 16.0 Å². The van der Waals surface area contributed by atoms with E-state index in [-0.39, 0.29) is 23.7 Å². The maximum atomic E-state index is 12.4. The number of aryl methyl sites for hydroxylation is 1. The molecular formula is C16H15N3O4S. The lowest BCUT2D eigenvalue weighted by Gasteiger charge is -2.09. The number of hydrogen-bond acceptors (Lipinski definition) is 6. The van der Waals surface area contributed by atoms with E-state index in [0.29, 0.717) is 10.2 Å². The van der Waals surface area contributed by atoms with E-state index in [1.165, 1.54) is 23.7 Å². The molecule has 0 spiro atoms. The number of benzene rings is 1. The molecule has 24 heavy (non-hydrogen) atoms. The molecule has 0 aliphatic heterocycles. The molecule has 2 aromatic heterocycles. The lowest BCUT2D eigenvalue weighted by molar-refractivity contribution is -0.119. The van der Waals surface area contributed by atoms with E-state index < -0.39 is 5.91 Å². The Morgan fingerprint density at radius 2 is 2.21 bits per heavy atom. The number of rotatable bonds is 5. The van der Waals surface area contributed by atoms with Crippen molar-refractivity contribution in [3.63, 3.8) is 0 Å². The molecule has 0 aliphatic rings. The molecule has 3 aromatic rings. The van der Waals surface area contributed by atoms with Gasteiger partial charge in [0.25, 0.3) is 11.5 Å². The Morgan fingerprint density at radius 1 is 1.42 bits per heavy atom. The van der Waals surface area contributed by atoms with Crippen molar-refractivity contribution in [2.75, 3.05) is 12.0 Å². The SMILES string of the molecule is CCc1cc2c(=O)n(NC(=O)COc3ccccc3O)cnc2s1. The largest absolute Gasteiger partial charge is 0.504 e. The van der Waals surface area contributed by atoms with Crippen molar-refractivity contribution in [3.05, 3.63) is 51.9 Å². The van der Waals surface area contributed by atoms with Crippen molar-refractivity contribution >= 4 is 27.5 Å². The fraction of sp³-hybridized carbons (Fsp3) is 0.188. The zero-order valence-electron chi connectivity index (χ0n) is 12.9. The van der Waals surface area contributed by atoms with Gasteiger partial charge >= 0.3 is 0 Å². The summed E-state index contributed by atoms with van der Waals surface area (Å²) in [6.07, 6.45) is 2.10. The summed E-state index contributed by atoms with van der Waals surface area (Å²) in [5, 5.41) is 10.1. The second kappa shape index (κ2) is 6.71. The molecule has 8 heteroatoms. The average molecular weight is 345 g/mol. The Labute approximate surface area is 141 Å². The number of fused-ring (bicyclic) bond motifs is 1. The van der Waals surface area contributed by atoms with Crippen LogP contribution in [0.2, 0.25) is 0 Å². The summed E-state index contributed by atoms with van der Waals surface area (Å²) < 4.78 is 6.26. The summed E-state index contributed by atoms with van der Waals surface area (Å²) in [6.45, 7) is 1.66. The molecule has 124 valence electrons. The van der Waals surface area contributed by atoms with Crippen LogP contribution in [0.3, 0.4) is 0 Å². The normalized spacial score (nSPS) is 10.7. The zero-order valence-corrected chi connectivity index (χ0v) is 13.7. The van der Waals surface area contributed by atoms with Crippen molar-refractivity contribution in [1.82, 2.24) is 9.66 Å². The number of amides is 1. The minimum absolute atomic E-state index is 0.0593. The van der Waals surface area contributed by atoms with Crippen LogP contribution >= 0.6 is 11.3 Å². The van der Waals surface area contributed by atoms with E-state index in [9.17, 15) is 14.7 Å². The third-order valence-electron chi connectivity index (χ3n) is 3.32. The molecule has 2 heterocycles. The molecular weight excluding hydrogens is 330 g/mol. The van der Waals surface area contributed by atoms with Crippen LogP contribution in [0.5, 0.6) is 11.5 Å². The van der Waals surface area contributed by atoms with Gasteiger partial charge in [0.15, 0.2) is 18.1 Å². The smallest absolute Gasteiger partial charge is 0.280 e. The number of nitrogens with one attached hydrogen (secondary N) is 1. The highest BCUT2D eigenvalue weighted by Gasteiger charge is 2.11. The average Bonchev–Trinajstić information content (AvgIpc) is 3.01. The van der Waals surface area contributed by atoms with Crippen LogP contribution in [0.4, 0.5) is 0 Å². The minimum atomic E-state index is -0.535. The molecule has 3 rings (SSSR count). The van der Waals surface area contributed by atoms with Crippen molar-refractivity contribution in [2.45, 2.75) is 13.3 Å². The number of para-hydroxylation sites is 2. The highest BCUT2D eigenvalue weighted by molar-refractivity contribution is 7.18. The second-order valence-corrected chi connectivity index (χ2v) is 6.11. The molecule has 0 saturated carbocycles. The van der Waals surface area contributed by atoms with E-state index in [1.807, 2.05) is 6.92 Å². The van der Waals surface area contributed by atoms with E-state index in [2.05, 4.69) is 10.4 Å². The maximum Gasteiger partial charge on any atom is 0.280 e. The van der Waals surface area contributed by atoms with Crippen LogP contribution in [0.15, 0.2) is 41.5 Å². The Kier molecular flexibility index (Phi) is 4.48. The summed E-state index contributed by atoms with van der Waals surface area (Å²) in [7, 11) is 0. The topological polar surface area (TPSA) is 93.5 Å². The Morgan fingerprint density at radius 3 is 2.96 bits per heavy atom. The zero-order chi connectivity index (χ0) is 17.1. The monoisotopic (exact) mass is 345 g/mol. The van der Waals surface area contributed by atoms with Crippen LogP contribution in [-0.4, -0.2) is 27.3 Å². The Bertz CT molecular complexity index is 948. The van der Waals surface area contributed by atoms with E-state index in [1.54, 1.807) is 24.3 Å². The summed E-state index contributed by atoms with van der Waals surface area (Å²) in [5.41, 5.74) is 2.08. The fourth-order valence-corrected chi connectivity index (χ4v) is 3.04. The quantitative estimate of drug-likeness (QED) is 0.736. The number of nitrogens with zero attached hydrogens (tertiary/aromatic N) is 2. The van der Waals surface area contributed by atoms with Gasteiger partial charge < -0.3 is 9.84 Å². The van der Waals surface area contributed by atoms with Crippen LogP contribution in [-0.2, 0) is 11.2 Å². The summed E-state index contributed by atoms with van der Waals surface area (Å²) in [5.74, 6) is -0.401. The molecule has 0 atom stereocenters. The first-order chi connectivity index (χ1) is 11.6. The fourth-order valence-electron chi connectivity index (χ4n) is 2.12. The van der Waals surface area contributed by atoms with E-state index in [4.69, 9.17) is 4.74 Å². The molecule has 0 radical (unpaired) electrons. The number of aromatic nitrogens is 2. The molecule has 0 saturated heterocycles. The van der Waals surface area contributed by atoms with Gasteiger partial charge in [-0.1, -0.05) is 19.1 Å². The third-order valence-corrected chi connectivity index (χ3v) is 4.51. The minimum Gasteiger partial charge on any atom is -0.504 e. The van der Waals surface area contributed by atoms with Crippen LogP contribution in [0, 0.1) is 0 Å². The Balaban J connectivity index is 1.72. The number of ether oxygens (including phenoxy) is 1. The molecule has 0 bridgehead atoms. The predicted octanol–water partition coefficient (Wildman–Crippen LogP) is 1.88. The number of carbonyl (C=O) groups is 1. The lowest BCUT2D eigenvalue weighted by atomic mass is 10.3. The first-order valence-corrected chi connectivity index (χ1v) is 8.11. The first kappa shape index (κ1) is 16.0. The number of phenols is 1. The molecule has 1 amide bonds. The van der Waals surface area contributed by atoms with Crippen molar-refractivity contribution in [3.8, 4) is 11.5 Å². The van der Waals surface area contributed by atoms with Gasteiger partial charge in [-0.3, -0.25) is 15.0 Å².